The molecule has 1 aliphatic rings. The van der Waals surface area contributed by atoms with Gasteiger partial charge in [-0.05, 0) is 49.1 Å². The Morgan fingerprint density at radius 2 is 1.70 bits per heavy atom. The number of nitrogens with one attached hydrogen (secondary N) is 1. The van der Waals surface area contributed by atoms with E-state index in [1.165, 1.54) is 0 Å². The lowest BCUT2D eigenvalue weighted by Gasteiger charge is -2.32. The van der Waals surface area contributed by atoms with E-state index < -0.39 is 6.09 Å². The van der Waals surface area contributed by atoms with Crippen LogP contribution in [0.1, 0.15) is 24.8 Å². The van der Waals surface area contributed by atoms with E-state index in [-0.39, 0.29) is 11.9 Å². The van der Waals surface area contributed by atoms with Crippen LogP contribution in [0.25, 0.3) is 0 Å². The number of para-hydroxylation sites is 1. The topological polar surface area (TPSA) is 77.1 Å². The third kappa shape index (κ3) is 5.89. The number of ether oxygens (including phenoxy) is 3. The Kier molecular flexibility index (Phi) is 7.54. The molecule has 1 heterocycles. The first-order chi connectivity index (χ1) is 14.6. The van der Waals surface area contributed by atoms with Crippen LogP contribution in [0.4, 0.5) is 4.79 Å². The SMILES string of the molecule is COc1ccc(CCC(=O)N2CCC(NC(=O)Oc3ccccc3)CC2)cc1OC. The van der Waals surface area contributed by atoms with Gasteiger partial charge in [-0.2, -0.15) is 0 Å². The van der Waals surface area contributed by atoms with Crippen LogP contribution in [0, 0.1) is 0 Å². The maximum absolute atomic E-state index is 12.6. The Balaban J connectivity index is 1.41. The Morgan fingerprint density at radius 3 is 2.37 bits per heavy atom. The maximum atomic E-state index is 12.6. The summed E-state index contributed by atoms with van der Waals surface area (Å²) in [6.07, 6.45) is 2.04. The minimum absolute atomic E-state index is 0.0103. The molecule has 30 heavy (non-hydrogen) atoms. The fraction of sp³-hybridized carbons (Fsp3) is 0.391. The standard InChI is InChI=1S/C23H28N2O5/c1-28-20-10-8-17(16-21(20)29-2)9-11-22(26)25-14-12-18(13-15-25)24-23(27)30-19-6-4-3-5-7-19/h3-8,10,16,18H,9,11-15H2,1-2H3,(H,24,27). The van der Waals surface area contributed by atoms with Gasteiger partial charge in [0.2, 0.25) is 5.91 Å². The minimum atomic E-state index is -0.459. The van der Waals surface area contributed by atoms with Crippen LogP contribution in [0.15, 0.2) is 48.5 Å². The number of hydrogen-bond donors (Lipinski definition) is 1. The second-order valence-electron chi connectivity index (χ2n) is 7.19. The molecule has 0 bridgehead atoms. The molecule has 2 amide bonds. The molecule has 7 heteroatoms. The van der Waals surface area contributed by atoms with E-state index in [1.807, 2.05) is 41.3 Å². The number of methoxy groups -OCH3 is 2. The molecule has 0 atom stereocenters. The van der Waals surface area contributed by atoms with Crippen molar-refractivity contribution in [3.8, 4) is 17.2 Å². The molecule has 0 aliphatic carbocycles. The molecular weight excluding hydrogens is 384 g/mol. The molecule has 160 valence electrons. The molecule has 2 aromatic carbocycles. The van der Waals surface area contributed by atoms with Crippen molar-refractivity contribution in [1.82, 2.24) is 10.2 Å². The van der Waals surface area contributed by atoms with Gasteiger partial charge in [0, 0.05) is 25.6 Å². The van der Waals surface area contributed by atoms with Gasteiger partial charge in [0.25, 0.3) is 0 Å². The quantitative estimate of drug-likeness (QED) is 0.754. The lowest BCUT2D eigenvalue weighted by atomic mass is 10.0. The number of hydrogen-bond acceptors (Lipinski definition) is 5. The average Bonchev–Trinajstić information content (AvgIpc) is 2.78. The van der Waals surface area contributed by atoms with Crippen molar-refractivity contribution in [1.29, 1.82) is 0 Å². The van der Waals surface area contributed by atoms with Crippen LogP contribution in [0.3, 0.4) is 0 Å². The molecule has 7 nitrogen and oxygen atoms in total. The molecule has 0 radical (unpaired) electrons. The molecule has 0 spiro atoms. The molecule has 1 saturated heterocycles. The van der Waals surface area contributed by atoms with E-state index in [9.17, 15) is 9.59 Å². The van der Waals surface area contributed by atoms with Gasteiger partial charge in [-0.25, -0.2) is 4.79 Å². The van der Waals surface area contributed by atoms with E-state index in [2.05, 4.69) is 5.32 Å². The Hall–Kier alpha value is -3.22. The number of piperidine rings is 1. The Bertz CT molecular complexity index is 848. The summed E-state index contributed by atoms with van der Waals surface area (Å²) in [6, 6.07) is 14.7. The highest BCUT2D eigenvalue weighted by Crippen LogP contribution is 2.28. The smallest absolute Gasteiger partial charge is 0.412 e. The van der Waals surface area contributed by atoms with Gasteiger partial charge >= 0.3 is 6.09 Å². The van der Waals surface area contributed by atoms with E-state index in [0.29, 0.717) is 56.0 Å². The fourth-order valence-corrected chi connectivity index (χ4v) is 3.51. The summed E-state index contributed by atoms with van der Waals surface area (Å²) in [5.41, 5.74) is 1.03. The molecule has 0 unspecified atom stereocenters. The first-order valence-corrected chi connectivity index (χ1v) is 10.1. The highest BCUT2D eigenvalue weighted by atomic mass is 16.6. The number of benzene rings is 2. The molecule has 0 aromatic heterocycles. The normalized spacial score (nSPS) is 14.1. The number of amides is 2. The number of likely N-dealkylation sites (tertiary alicyclic amines) is 1. The monoisotopic (exact) mass is 412 g/mol. The minimum Gasteiger partial charge on any atom is -0.493 e. The number of aryl methyl sites for hydroxylation is 1. The van der Waals surface area contributed by atoms with Crippen LogP contribution in [-0.2, 0) is 11.2 Å². The molecular formula is C23H28N2O5. The van der Waals surface area contributed by atoms with E-state index in [4.69, 9.17) is 14.2 Å². The van der Waals surface area contributed by atoms with Crippen molar-refractivity contribution in [3.63, 3.8) is 0 Å². The van der Waals surface area contributed by atoms with Crippen LogP contribution in [0.5, 0.6) is 17.2 Å². The zero-order valence-corrected chi connectivity index (χ0v) is 17.4. The van der Waals surface area contributed by atoms with Crippen molar-refractivity contribution < 1.29 is 23.8 Å². The molecule has 2 aromatic rings. The Labute approximate surface area is 176 Å². The number of carbonyl (C=O) groups is 2. The largest absolute Gasteiger partial charge is 0.493 e. The number of rotatable bonds is 7. The zero-order valence-electron chi connectivity index (χ0n) is 17.4. The van der Waals surface area contributed by atoms with Gasteiger partial charge in [-0.1, -0.05) is 24.3 Å². The molecule has 1 N–H and O–H groups in total. The van der Waals surface area contributed by atoms with Crippen molar-refractivity contribution in [3.05, 3.63) is 54.1 Å². The van der Waals surface area contributed by atoms with Gasteiger partial charge in [0.1, 0.15) is 5.75 Å². The van der Waals surface area contributed by atoms with Crippen molar-refractivity contribution in [2.45, 2.75) is 31.7 Å². The van der Waals surface area contributed by atoms with Gasteiger partial charge in [0.05, 0.1) is 14.2 Å². The predicted octanol–water partition coefficient (Wildman–Crippen LogP) is 3.42. The first kappa shape index (κ1) is 21.5. The van der Waals surface area contributed by atoms with E-state index >= 15 is 0 Å². The summed E-state index contributed by atoms with van der Waals surface area (Å²) in [5.74, 6) is 1.97. The van der Waals surface area contributed by atoms with Gasteiger partial charge in [-0.15, -0.1) is 0 Å². The maximum Gasteiger partial charge on any atom is 0.412 e. The van der Waals surface area contributed by atoms with E-state index in [1.54, 1.807) is 26.4 Å². The number of nitrogens with zero attached hydrogens (tertiary/aromatic N) is 1. The Morgan fingerprint density at radius 1 is 1.00 bits per heavy atom. The van der Waals surface area contributed by atoms with Crippen molar-refractivity contribution >= 4 is 12.0 Å². The van der Waals surface area contributed by atoms with Crippen molar-refractivity contribution in [2.75, 3.05) is 27.3 Å². The molecule has 0 saturated carbocycles. The summed E-state index contributed by atoms with van der Waals surface area (Å²) >= 11 is 0. The van der Waals surface area contributed by atoms with Gasteiger partial charge in [0.15, 0.2) is 11.5 Å². The second kappa shape index (κ2) is 10.5. The third-order valence-electron chi connectivity index (χ3n) is 5.20. The summed E-state index contributed by atoms with van der Waals surface area (Å²) in [6.45, 7) is 1.25. The van der Waals surface area contributed by atoms with Gasteiger partial charge < -0.3 is 24.4 Å². The second-order valence-corrected chi connectivity index (χ2v) is 7.19. The first-order valence-electron chi connectivity index (χ1n) is 10.1. The average molecular weight is 412 g/mol. The molecule has 1 fully saturated rings. The molecule has 1 aliphatic heterocycles. The summed E-state index contributed by atoms with van der Waals surface area (Å²) in [5, 5.41) is 2.88. The summed E-state index contributed by atoms with van der Waals surface area (Å²) in [4.78, 5) is 26.5. The predicted molar refractivity (Wildman–Crippen MR) is 113 cm³/mol. The highest BCUT2D eigenvalue weighted by Gasteiger charge is 2.24. The lowest BCUT2D eigenvalue weighted by Crippen LogP contribution is -2.47. The summed E-state index contributed by atoms with van der Waals surface area (Å²) < 4.78 is 15.8. The van der Waals surface area contributed by atoms with Crippen LogP contribution >= 0.6 is 0 Å². The third-order valence-corrected chi connectivity index (χ3v) is 5.20. The van der Waals surface area contributed by atoms with Crippen LogP contribution in [0.2, 0.25) is 0 Å². The zero-order chi connectivity index (χ0) is 21.3. The fourth-order valence-electron chi connectivity index (χ4n) is 3.51. The highest BCUT2D eigenvalue weighted by molar-refractivity contribution is 5.76. The van der Waals surface area contributed by atoms with Crippen molar-refractivity contribution in [2.24, 2.45) is 0 Å². The van der Waals surface area contributed by atoms with Crippen LogP contribution < -0.4 is 19.5 Å². The van der Waals surface area contributed by atoms with Crippen LogP contribution in [-0.4, -0.2) is 50.3 Å². The summed E-state index contributed by atoms with van der Waals surface area (Å²) in [7, 11) is 3.20. The lowest BCUT2D eigenvalue weighted by molar-refractivity contribution is -0.132. The van der Waals surface area contributed by atoms with E-state index in [0.717, 1.165) is 5.56 Å². The van der Waals surface area contributed by atoms with Gasteiger partial charge in [-0.3, -0.25) is 4.79 Å². The number of carbonyl (C=O) groups excluding carboxylic acids is 2. The molecule has 3 rings (SSSR count).